The quantitative estimate of drug-likeness (QED) is 0.0369. The summed E-state index contributed by atoms with van der Waals surface area (Å²) in [6.07, 6.45) is 17.0. The maximum atomic E-state index is 13.7. The van der Waals surface area contributed by atoms with E-state index in [2.05, 4.69) is 30.8 Å². The van der Waals surface area contributed by atoms with E-state index in [1.807, 2.05) is 46.3 Å². The fraction of sp³-hybridized carbons (Fsp3) is 0.375. The van der Waals surface area contributed by atoms with Crippen LogP contribution in [0.1, 0.15) is 74.6 Å². The van der Waals surface area contributed by atoms with Crippen molar-refractivity contribution >= 4 is 70.0 Å². The average Bonchev–Trinajstić information content (AvgIpc) is 4.07. The first-order valence-electron chi connectivity index (χ1n) is 22.6. The van der Waals surface area contributed by atoms with Gasteiger partial charge in [-0.2, -0.15) is 10.2 Å². The summed E-state index contributed by atoms with van der Waals surface area (Å²) >= 11 is 24.3. The van der Waals surface area contributed by atoms with Crippen molar-refractivity contribution in [1.82, 2.24) is 40.2 Å². The molecule has 0 aliphatic carbocycles. The van der Waals surface area contributed by atoms with Gasteiger partial charge in [-0.25, -0.2) is 18.7 Å². The summed E-state index contributed by atoms with van der Waals surface area (Å²) in [7, 11) is 0. The van der Waals surface area contributed by atoms with Crippen LogP contribution in [0.2, 0.25) is 20.1 Å². The highest BCUT2D eigenvalue weighted by molar-refractivity contribution is 6.36. The van der Waals surface area contributed by atoms with Gasteiger partial charge >= 0.3 is 11.9 Å². The lowest BCUT2D eigenvalue weighted by molar-refractivity contribution is -0.139. The number of nitrogen functional groups attached to an aromatic ring is 2. The van der Waals surface area contributed by atoms with E-state index >= 15 is 0 Å². The number of nitrogens with one attached hydrogen (secondary N) is 2. The Labute approximate surface area is 423 Å². The predicted molar refractivity (Wildman–Crippen MR) is 267 cm³/mol. The third-order valence-corrected chi connectivity index (χ3v) is 13.1. The number of benzene rings is 2. The minimum Gasteiger partial charge on any atom is -0.489 e. The first-order chi connectivity index (χ1) is 33.7. The van der Waals surface area contributed by atoms with Crippen LogP contribution >= 0.6 is 46.4 Å². The normalized spacial score (nSPS) is 14.0. The fourth-order valence-electron chi connectivity index (χ4n) is 7.65. The second-order valence-electron chi connectivity index (χ2n) is 16.4. The Morgan fingerprint density at radius 3 is 1.39 bits per heavy atom. The van der Waals surface area contributed by atoms with Crippen molar-refractivity contribution in [3.63, 3.8) is 0 Å². The highest BCUT2D eigenvalue weighted by Gasteiger charge is 2.19. The van der Waals surface area contributed by atoms with Gasteiger partial charge in [0, 0.05) is 82.8 Å². The number of nitrogens with two attached hydrogens (primary N) is 2. The Morgan fingerprint density at radius 2 is 1.01 bits per heavy atom. The van der Waals surface area contributed by atoms with Crippen LogP contribution < -0.4 is 31.6 Å². The van der Waals surface area contributed by atoms with Gasteiger partial charge in [0.05, 0.1) is 47.7 Å². The van der Waals surface area contributed by atoms with Gasteiger partial charge in [0.25, 0.3) is 0 Å². The Kier molecular flexibility index (Phi) is 20.2. The second kappa shape index (κ2) is 26.4. The number of pyridine rings is 2. The molecule has 0 bridgehead atoms. The summed E-state index contributed by atoms with van der Waals surface area (Å²) in [6.45, 7) is 4.46. The molecular formula is C48H54Cl4F2N10O6. The summed E-state index contributed by atoms with van der Waals surface area (Å²) in [4.78, 5) is 28.3. The Balaban J connectivity index is 0.000000193. The van der Waals surface area contributed by atoms with E-state index in [0.29, 0.717) is 70.4 Å². The number of carbonyl (C=O) groups is 2. The van der Waals surface area contributed by atoms with Crippen LogP contribution in [0.3, 0.4) is 0 Å². The van der Waals surface area contributed by atoms with Crippen molar-refractivity contribution in [3.05, 3.63) is 116 Å². The standard InChI is InChI=1S/2C21H22Cl2FN5O.C6H10O4/c2*22-17-1-2-18(24)20(23)16(17)5-8-30-19-9-13(10-27-21(19)25)14-11-28-29(12-14)15-3-6-26-7-4-15;7-5(8)3-1-2-4-6(9)10/h2*1-2,9-12,15,26H,3-8H2,(H2,25,27);1-4H2,(H,7,8)(H,9,10). The second-order valence-corrected chi connectivity index (χ2v) is 18.0. The van der Waals surface area contributed by atoms with Crippen LogP contribution in [0.25, 0.3) is 22.3 Å². The number of nitrogens with zero attached hydrogens (tertiary/aromatic N) is 6. The molecule has 0 saturated carbocycles. The number of unbranched alkanes of at least 4 members (excludes halogenated alkanes) is 1. The van der Waals surface area contributed by atoms with Gasteiger partial charge in [0.15, 0.2) is 23.1 Å². The molecule has 22 heteroatoms. The van der Waals surface area contributed by atoms with E-state index < -0.39 is 23.6 Å². The molecule has 2 saturated heterocycles. The van der Waals surface area contributed by atoms with Crippen LogP contribution in [-0.2, 0) is 22.4 Å². The smallest absolute Gasteiger partial charge is 0.303 e. The van der Waals surface area contributed by atoms with Gasteiger partial charge in [-0.1, -0.05) is 46.4 Å². The molecule has 0 amide bonds. The first-order valence-corrected chi connectivity index (χ1v) is 24.1. The topological polar surface area (TPSA) is 231 Å². The lowest BCUT2D eigenvalue weighted by Gasteiger charge is -2.22. The van der Waals surface area contributed by atoms with Crippen LogP contribution in [0.4, 0.5) is 20.4 Å². The summed E-state index contributed by atoms with van der Waals surface area (Å²) in [5, 5.41) is 32.8. The molecule has 0 radical (unpaired) electrons. The fourth-order valence-corrected chi connectivity index (χ4v) is 8.77. The number of anilines is 2. The van der Waals surface area contributed by atoms with E-state index in [4.69, 9.17) is 77.6 Å². The van der Waals surface area contributed by atoms with E-state index in [1.54, 1.807) is 12.4 Å². The van der Waals surface area contributed by atoms with Crippen LogP contribution in [0, 0.1) is 11.6 Å². The molecule has 0 spiro atoms. The molecule has 2 aliphatic rings. The number of halogens is 6. The van der Waals surface area contributed by atoms with Crippen LogP contribution in [0.5, 0.6) is 11.5 Å². The maximum Gasteiger partial charge on any atom is 0.303 e. The molecule has 8 rings (SSSR count). The summed E-state index contributed by atoms with van der Waals surface area (Å²) in [6, 6.07) is 9.91. The van der Waals surface area contributed by atoms with Gasteiger partial charge in [0.1, 0.15) is 11.6 Å². The highest BCUT2D eigenvalue weighted by atomic mass is 35.5. The minimum atomic E-state index is -0.870. The summed E-state index contributed by atoms with van der Waals surface area (Å²) < 4.78 is 43.0. The number of hydrogen-bond donors (Lipinski definition) is 6. The third kappa shape index (κ3) is 15.4. The van der Waals surface area contributed by atoms with E-state index in [9.17, 15) is 18.4 Å². The minimum absolute atomic E-state index is 0.0104. The number of piperidine rings is 2. The van der Waals surface area contributed by atoms with Crippen LogP contribution in [-0.4, -0.2) is 91.1 Å². The Morgan fingerprint density at radius 1 is 0.629 bits per heavy atom. The summed E-state index contributed by atoms with van der Waals surface area (Å²) in [5.41, 5.74) is 16.6. The van der Waals surface area contributed by atoms with Crippen molar-refractivity contribution in [2.45, 2.75) is 76.3 Å². The van der Waals surface area contributed by atoms with E-state index in [-0.39, 0.29) is 47.7 Å². The van der Waals surface area contributed by atoms with Crippen LogP contribution in [0.15, 0.2) is 73.6 Å². The van der Waals surface area contributed by atoms with Gasteiger partial charge in [-0.3, -0.25) is 19.0 Å². The molecule has 0 atom stereocenters. The number of ether oxygens (including phenoxy) is 2. The third-order valence-electron chi connectivity index (χ3n) is 11.5. The number of carboxylic acid groups (broad SMARTS) is 2. The van der Waals surface area contributed by atoms with E-state index in [1.165, 1.54) is 24.3 Å². The zero-order chi connectivity index (χ0) is 50.2. The molecule has 2 fully saturated rings. The SMILES string of the molecule is Nc1ncc(-c2cnn(C3CCNCC3)c2)cc1OCCc1c(Cl)ccc(F)c1Cl.Nc1ncc(-c2cnn(C3CCNCC3)c2)cc1OCCc1c(Cl)ccc(F)c1Cl.O=C(O)CCCCC(=O)O. The number of carboxylic acids is 2. The largest absolute Gasteiger partial charge is 0.489 e. The molecule has 4 aromatic heterocycles. The molecule has 6 heterocycles. The first kappa shape index (κ1) is 53.6. The van der Waals surface area contributed by atoms with Gasteiger partial charge in [0.2, 0.25) is 0 Å². The van der Waals surface area contributed by atoms with Gasteiger partial charge < -0.3 is 41.8 Å². The maximum absolute atomic E-state index is 13.7. The predicted octanol–water partition coefficient (Wildman–Crippen LogP) is 9.75. The monoisotopic (exact) mass is 1040 g/mol. The molecular weight excluding hydrogens is 992 g/mol. The Hall–Kier alpha value is -5.76. The number of hydrogen-bond acceptors (Lipinski definition) is 12. The molecule has 16 nitrogen and oxygen atoms in total. The van der Waals surface area contributed by atoms with Gasteiger partial charge in [-0.15, -0.1) is 0 Å². The lowest BCUT2D eigenvalue weighted by Crippen LogP contribution is -2.29. The molecule has 0 unspecified atom stereocenters. The van der Waals surface area contributed by atoms with Crippen molar-refractivity contribution in [2.24, 2.45) is 0 Å². The number of aliphatic carboxylic acids is 2. The molecule has 70 heavy (non-hydrogen) atoms. The van der Waals surface area contributed by atoms with Crippen molar-refractivity contribution in [3.8, 4) is 33.8 Å². The summed E-state index contributed by atoms with van der Waals surface area (Å²) in [5.74, 6) is -1.30. The highest BCUT2D eigenvalue weighted by Crippen LogP contribution is 2.33. The molecule has 2 aliphatic heterocycles. The molecule has 2 aromatic carbocycles. The lowest BCUT2D eigenvalue weighted by atomic mass is 10.1. The van der Waals surface area contributed by atoms with Crippen molar-refractivity contribution in [2.75, 3.05) is 50.9 Å². The zero-order valence-electron chi connectivity index (χ0n) is 38.0. The zero-order valence-corrected chi connectivity index (χ0v) is 41.1. The van der Waals surface area contributed by atoms with Crippen molar-refractivity contribution < 1.29 is 38.1 Å². The van der Waals surface area contributed by atoms with Crippen molar-refractivity contribution in [1.29, 1.82) is 0 Å². The number of aromatic nitrogens is 6. The van der Waals surface area contributed by atoms with E-state index in [0.717, 1.165) is 74.1 Å². The van der Waals surface area contributed by atoms with Gasteiger partial charge in [-0.05, 0) is 112 Å². The molecule has 6 aromatic rings. The average molecular weight is 1050 g/mol. The molecule has 8 N–H and O–H groups in total. The number of rotatable bonds is 17. The molecule has 374 valence electrons. The Bertz CT molecular complexity index is 2520.